The van der Waals surface area contributed by atoms with Crippen molar-refractivity contribution in [2.45, 2.75) is 70.0 Å². The minimum Gasteiger partial charge on any atom is -0.496 e. The Morgan fingerprint density at radius 3 is 1.48 bits per heavy atom. The number of hydrogen-bond acceptors (Lipinski definition) is 18. The zero-order valence-electron chi connectivity index (χ0n) is 39.5. The van der Waals surface area contributed by atoms with Gasteiger partial charge in [0.1, 0.15) is 34.3 Å². The number of nitrogens with two attached hydrogens (primary N) is 2. The van der Waals surface area contributed by atoms with Crippen molar-refractivity contribution in [2.75, 3.05) is 93.0 Å². The van der Waals surface area contributed by atoms with E-state index in [1.165, 1.54) is 22.8 Å². The van der Waals surface area contributed by atoms with Gasteiger partial charge in [-0.1, -0.05) is 0 Å². The van der Waals surface area contributed by atoms with Gasteiger partial charge in [0.25, 0.3) is 0 Å². The van der Waals surface area contributed by atoms with E-state index in [4.69, 9.17) is 32.5 Å². The van der Waals surface area contributed by atoms with Gasteiger partial charge in [-0.15, -0.1) is 11.6 Å². The third-order valence-corrected chi connectivity index (χ3v) is 15.8. The number of halogens is 5. The molecule has 0 unspecified atom stereocenters. The molecule has 71 heavy (non-hydrogen) atoms. The third-order valence-electron chi connectivity index (χ3n) is 11.6. The fraction of sp³-hybridized carbons (Fsp3) is 0.500. The number of ether oxygens (including phenoxy) is 2. The summed E-state index contributed by atoms with van der Waals surface area (Å²) in [6.45, 7) is 5.42. The second kappa shape index (κ2) is 24.7. The van der Waals surface area contributed by atoms with Crippen LogP contribution >= 0.6 is 11.6 Å². The summed E-state index contributed by atoms with van der Waals surface area (Å²) in [6.07, 6.45) is 5.13. The van der Waals surface area contributed by atoms with Crippen molar-refractivity contribution in [3.05, 3.63) is 82.2 Å². The van der Waals surface area contributed by atoms with Crippen LogP contribution in [0.2, 0.25) is 0 Å². The van der Waals surface area contributed by atoms with E-state index in [1.54, 1.807) is 0 Å². The normalized spacial score (nSPS) is 15.4. The Morgan fingerprint density at radius 1 is 0.732 bits per heavy atom. The van der Waals surface area contributed by atoms with Crippen LogP contribution in [0.15, 0.2) is 36.7 Å². The molecule has 390 valence electrons. The van der Waals surface area contributed by atoms with E-state index >= 15 is 0 Å². The van der Waals surface area contributed by atoms with Crippen LogP contribution in [0.4, 0.5) is 41.1 Å². The summed E-state index contributed by atoms with van der Waals surface area (Å²) in [7, 11) is -4.30. The van der Waals surface area contributed by atoms with Crippen molar-refractivity contribution >= 4 is 66.7 Å². The van der Waals surface area contributed by atoms with Crippen molar-refractivity contribution in [3.63, 3.8) is 0 Å². The van der Waals surface area contributed by atoms with E-state index in [0.29, 0.717) is 71.2 Å². The van der Waals surface area contributed by atoms with Gasteiger partial charge in [0.2, 0.25) is 43.5 Å². The minimum atomic E-state index is -3.42. The molecule has 0 aliphatic carbocycles. The number of alkyl halides is 1. The van der Waals surface area contributed by atoms with Gasteiger partial charge in [0.05, 0.1) is 43.5 Å². The number of nitrogens with one attached hydrogen (secondary N) is 3. The molecule has 2 saturated heterocycles. The van der Waals surface area contributed by atoms with E-state index in [1.807, 2.05) is 13.8 Å². The number of methoxy groups -OCH3 is 2. The molecule has 0 amide bonds. The quantitative estimate of drug-likeness (QED) is 0.0298. The van der Waals surface area contributed by atoms with Gasteiger partial charge in [-0.2, -0.15) is 9.97 Å². The fourth-order valence-corrected chi connectivity index (χ4v) is 10.9. The summed E-state index contributed by atoms with van der Waals surface area (Å²) in [4.78, 5) is 42.0. The second-order valence-corrected chi connectivity index (χ2v) is 21.7. The molecule has 2 aliphatic rings. The lowest BCUT2D eigenvalue weighted by molar-refractivity contribution is 0.102. The van der Waals surface area contributed by atoms with E-state index in [-0.39, 0.29) is 82.2 Å². The number of aromatic nitrogens is 4. The number of carbonyl (C=O) groups is 2. The molecule has 8 N–H and O–H groups in total. The summed E-state index contributed by atoms with van der Waals surface area (Å²) >= 11 is 5.59. The maximum atomic E-state index is 14.3. The number of ketones is 2. The molecule has 0 radical (unpaired) electrons. The lowest BCUT2D eigenvalue weighted by Crippen LogP contribution is -2.45. The number of anilines is 4. The zero-order chi connectivity index (χ0) is 52.3. The number of hydrogen-bond donors (Lipinski definition) is 6. The number of aliphatic hydroxyl groups is 1. The Hall–Kier alpha value is -5.51. The van der Waals surface area contributed by atoms with E-state index < -0.39 is 71.5 Å². The average Bonchev–Trinajstić information content (AvgIpc) is 3.34. The Bertz CT molecular complexity index is 2750. The highest BCUT2D eigenvalue weighted by Crippen LogP contribution is 2.30. The van der Waals surface area contributed by atoms with Crippen LogP contribution in [0, 0.1) is 23.3 Å². The number of nitrogen functional groups attached to an aromatic ring is 2. The fourth-order valence-electron chi connectivity index (χ4n) is 7.53. The SMILES string of the molecule is COc1ccc(F)c(F)c1C(=O)c1cnc(NC2CCN(S(=O)(=O)CCCCl)CC2)nc1N.COc1ccc(F)c(F)c1C(=O)c1cnc(NC2CCN(S(=O)(=O)CCCNC(C)(C)CO)CC2)nc1N. The minimum absolute atomic E-state index is 0.00539. The topological polar surface area (TPSA) is 287 Å². The molecule has 2 aromatic carbocycles. The van der Waals surface area contributed by atoms with Crippen LogP contribution < -0.4 is 36.9 Å². The summed E-state index contributed by atoms with van der Waals surface area (Å²) < 4.78 is 119. The van der Waals surface area contributed by atoms with E-state index in [2.05, 4.69) is 35.9 Å². The first-order valence-electron chi connectivity index (χ1n) is 22.3. The first kappa shape index (κ1) is 56.4. The largest absolute Gasteiger partial charge is 0.496 e. The van der Waals surface area contributed by atoms with Crippen LogP contribution in [0.25, 0.3) is 0 Å². The van der Waals surface area contributed by atoms with Crippen LogP contribution in [-0.2, 0) is 20.0 Å². The molecule has 4 heterocycles. The van der Waals surface area contributed by atoms with Crippen molar-refractivity contribution in [3.8, 4) is 11.5 Å². The molecule has 0 atom stereocenters. The molecule has 20 nitrogen and oxygen atoms in total. The van der Waals surface area contributed by atoms with Gasteiger partial charge in [-0.25, -0.2) is 53.0 Å². The molecule has 2 aliphatic heterocycles. The van der Waals surface area contributed by atoms with Crippen molar-refractivity contribution in [1.82, 2.24) is 33.9 Å². The van der Waals surface area contributed by atoms with Gasteiger partial charge in [0.15, 0.2) is 23.3 Å². The Labute approximate surface area is 414 Å². The Balaban J connectivity index is 0.000000267. The number of carbonyl (C=O) groups excluding carboxylic acids is 2. The van der Waals surface area contributed by atoms with Gasteiger partial charge in [-0.3, -0.25) is 9.59 Å². The molecule has 4 aromatic rings. The van der Waals surface area contributed by atoms with Gasteiger partial charge in [-0.05, 0) is 83.2 Å². The maximum absolute atomic E-state index is 14.3. The predicted octanol–water partition coefficient (Wildman–Crippen LogP) is 3.94. The summed E-state index contributed by atoms with van der Waals surface area (Å²) in [5, 5.41) is 18.6. The number of piperidine rings is 2. The zero-order valence-corrected chi connectivity index (χ0v) is 41.9. The molecule has 2 aromatic heterocycles. The van der Waals surface area contributed by atoms with E-state index in [9.17, 15) is 49.1 Å². The van der Waals surface area contributed by atoms with Crippen molar-refractivity contribution < 1.29 is 58.6 Å². The maximum Gasteiger partial charge on any atom is 0.224 e. The van der Waals surface area contributed by atoms with Crippen LogP contribution in [0.3, 0.4) is 0 Å². The Kier molecular flexibility index (Phi) is 19.7. The van der Waals surface area contributed by atoms with E-state index in [0.717, 1.165) is 36.7 Å². The van der Waals surface area contributed by atoms with Crippen molar-refractivity contribution in [2.24, 2.45) is 0 Å². The van der Waals surface area contributed by atoms with Crippen LogP contribution in [0.5, 0.6) is 11.5 Å². The van der Waals surface area contributed by atoms with Crippen LogP contribution in [-0.4, -0.2) is 151 Å². The second-order valence-electron chi connectivity index (χ2n) is 17.2. The molecule has 2 fully saturated rings. The first-order valence-corrected chi connectivity index (χ1v) is 26.1. The smallest absolute Gasteiger partial charge is 0.224 e. The van der Waals surface area contributed by atoms with Crippen LogP contribution in [0.1, 0.15) is 84.2 Å². The highest BCUT2D eigenvalue weighted by atomic mass is 35.5. The van der Waals surface area contributed by atoms with Gasteiger partial charge >= 0.3 is 0 Å². The lowest BCUT2D eigenvalue weighted by atomic mass is 10.0. The summed E-state index contributed by atoms with van der Waals surface area (Å²) in [5.41, 5.74) is 9.76. The molecule has 0 bridgehead atoms. The lowest BCUT2D eigenvalue weighted by Gasteiger charge is -2.31. The molecular weight excluding hydrogens is 1000 g/mol. The highest BCUT2D eigenvalue weighted by Gasteiger charge is 2.31. The molecular formula is C44H58ClF4N11O9S2. The summed E-state index contributed by atoms with van der Waals surface area (Å²) in [5.74, 6) is -7.12. The number of nitrogens with zero attached hydrogens (tertiary/aromatic N) is 6. The number of rotatable bonds is 21. The molecule has 6 rings (SSSR count). The Morgan fingerprint density at radius 2 is 1.13 bits per heavy atom. The number of benzene rings is 2. The monoisotopic (exact) mass is 1060 g/mol. The molecule has 27 heteroatoms. The molecule has 0 spiro atoms. The summed E-state index contributed by atoms with van der Waals surface area (Å²) in [6, 6.07) is 3.75. The molecule has 0 saturated carbocycles. The standard InChI is InChI=1S/C24H34F2N6O5S.C20H24ClF2N5O4S/c1-24(2,14-33)29-9-4-12-38(35,36)32-10-7-15(8-11-32)30-23-28-13-16(22(27)31-23)21(34)19-18(37-3)6-5-17(25)20(19)26;1-32-15-4-3-14(22)17(23)16(15)18(29)13-11-25-20(27-19(13)24)26-12-5-8-28(9-6-12)33(30,31)10-2-7-21/h5-6,13,15,29,33H,4,7-12,14H2,1-3H3,(H3,27,28,30,31);3-4,11-12H,2,5-10H2,1H3,(H3,24,25,26,27). The average molecular weight is 1060 g/mol. The first-order chi connectivity index (χ1) is 33.6. The number of sulfonamides is 2. The van der Waals surface area contributed by atoms with Gasteiger partial charge in [0, 0.05) is 62.1 Å². The predicted molar refractivity (Wildman–Crippen MR) is 259 cm³/mol. The van der Waals surface area contributed by atoms with Gasteiger partial charge < -0.3 is 42.0 Å². The number of aliphatic hydroxyl groups excluding tert-OH is 1. The van der Waals surface area contributed by atoms with Crippen molar-refractivity contribution in [1.29, 1.82) is 0 Å². The highest BCUT2D eigenvalue weighted by molar-refractivity contribution is 7.89. The third kappa shape index (κ3) is 14.6.